The molecule has 122 valence electrons. The lowest BCUT2D eigenvalue weighted by Crippen LogP contribution is -2.46. The van der Waals surface area contributed by atoms with Gasteiger partial charge in [-0.25, -0.2) is 5.14 Å². The molecule has 0 aromatic carbocycles. The Balaban J connectivity index is 1.98. The average molecular weight is 343 g/mol. The molecule has 1 saturated heterocycles. The highest BCUT2D eigenvalue weighted by molar-refractivity contribution is 7.86. The SMILES string of the molecule is C=CCN(Cc1cccs1)C(=O)C1CCN(S(N)(=O)=O)CC1. The second-order valence-corrected chi connectivity index (χ2v) is 7.88. The Morgan fingerprint density at radius 2 is 2.18 bits per heavy atom. The molecule has 0 atom stereocenters. The highest BCUT2D eigenvalue weighted by atomic mass is 32.2. The molecular formula is C14H21N3O3S2. The Bertz CT molecular complexity index is 605. The van der Waals surface area contributed by atoms with Crippen molar-refractivity contribution in [3.8, 4) is 0 Å². The molecule has 22 heavy (non-hydrogen) atoms. The van der Waals surface area contributed by atoms with E-state index in [9.17, 15) is 13.2 Å². The number of nitrogens with zero attached hydrogens (tertiary/aromatic N) is 2. The normalized spacial score (nSPS) is 17.3. The van der Waals surface area contributed by atoms with Crippen LogP contribution in [0.25, 0.3) is 0 Å². The summed E-state index contributed by atoms with van der Waals surface area (Å²) in [4.78, 5) is 15.6. The molecule has 1 aromatic heterocycles. The van der Waals surface area contributed by atoms with E-state index in [-0.39, 0.29) is 11.8 Å². The lowest BCUT2D eigenvalue weighted by atomic mass is 9.96. The third-order valence-corrected chi connectivity index (χ3v) is 5.70. The van der Waals surface area contributed by atoms with E-state index in [1.165, 1.54) is 4.31 Å². The fourth-order valence-corrected chi connectivity index (χ4v) is 4.03. The van der Waals surface area contributed by atoms with E-state index in [1.54, 1.807) is 22.3 Å². The number of hydrogen-bond acceptors (Lipinski definition) is 4. The smallest absolute Gasteiger partial charge is 0.276 e. The van der Waals surface area contributed by atoms with Crippen LogP contribution in [0.4, 0.5) is 0 Å². The number of carbonyl (C=O) groups excluding carboxylic acids is 1. The van der Waals surface area contributed by atoms with Crippen LogP contribution in [0.15, 0.2) is 30.2 Å². The number of piperidine rings is 1. The molecule has 2 rings (SSSR count). The summed E-state index contributed by atoms with van der Waals surface area (Å²) in [5, 5.41) is 7.10. The van der Waals surface area contributed by atoms with Crippen molar-refractivity contribution in [3.63, 3.8) is 0 Å². The van der Waals surface area contributed by atoms with Crippen molar-refractivity contribution < 1.29 is 13.2 Å². The molecule has 1 aliphatic rings. The predicted molar refractivity (Wildman–Crippen MR) is 87.3 cm³/mol. The van der Waals surface area contributed by atoms with Crippen molar-refractivity contribution >= 4 is 27.5 Å². The Hall–Kier alpha value is -1.22. The van der Waals surface area contributed by atoms with Crippen LogP contribution < -0.4 is 5.14 Å². The zero-order valence-electron chi connectivity index (χ0n) is 12.3. The fourth-order valence-electron chi connectivity index (χ4n) is 2.59. The van der Waals surface area contributed by atoms with E-state index in [0.29, 0.717) is 39.0 Å². The summed E-state index contributed by atoms with van der Waals surface area (Å²) in [5.41, 5.74) is 0. The van der Waals surface area contributed by atoms with Gasteiger partial charge in [0, 0.05) is 30.4 Å². The minimum Gasteiger partial charge on any atom is -0.334 e. The molecule has 0 aliphatic carbocycles. The molecular weight excluding hydrogens is 322 g/mol. The highest BCUT2D eigenvalue weighted by Crippen LogP contribution is 2.22. The lowest BCUT2D eigenvalue weighted by Gasteiger charge is -2.32. The summed E-state index contributed by atoms with van der Waals surface area (Å²) in [6, 6.07) is 3.96. The van der Waals surface area contributed by atoms with E-state index in [4.69, 9.17) is 5.14 Å². The van der Waals surface area contributed by atoms with Crippen molar-refractivity contribution in [3.05, 3.63) is 35.0 Å². The molecule has 2 N–H and O–H groups in total. The van der Waals surface area contributed by atoms with Crippen LogP contribution in [0.2, 0.25) is 0 Å². The second-order valence-electron chi connectivity index (χ2n) is 5.31. The van der Waals surface area contributed by atoms with Crippen molar-refractivity contribution in [2.75, 3.05) is 19.6 Å². The molecule has 8 heteroatoms. The first-order chi connectivity index (χ1) is 10.4. The fraction of sp³-hybridized carbons (Fsp3) is 0.500. The van der Waals surface area contributed by atoms with Crippen LogP contribution in [-0.4, -0.2) is 43.2 Å². The molecule has 0 unspecified atom stereocenters. The molecule has 0 bridgehead atoms. The largest absolute Gasteiger partial charge is 0.334 e. The van der Waals surface area contributed by atoms with Gasteiger partial charge in [0.2, 0.25) is 5.91 Å². The monoisotopic (exact) mass is 343 g/mol. The van der Waals surface area contributed by atoms with Crippen LogP contribution in [-0.2, 0) is 21.5 Å². The number of rotatable bonds is 6. The van der Waals surface area contributed by atoms with E-state index in [1.807, 2.05) is 17.5 Å². The molecule has 0 saturated carbocycles. The molecule has 1 fully saturated rings. The molecule has 0 spiro atoms. The molecule has 1 aliphatic heterocycles. The summed E-state index contributed by atoms with van der Waals surface area (Å²) < 4.78 is 23.8. The number of hydrogen-bond donors (Lipinski definition) is 1. The van der Waals surface area contributed by atoms with Crippen LogP contribution >= 0.6 is 11.3 Å². The zero-order chi connectivity index (χ0) is 16.2. The molecule has 6 nitrogen and oxygen atoms in total. The number of thiophene rings is 1. The summed E-state index contributed by atoms with van der Waals surface area (Å²) in [6.07, 6.45) is 2.73. The standard InChI is InChI=1S/C14H21N3O3S2/c1-2-7-16(11-13-4-3-10-21-13)14(18)12-5-8-17(9-6-12)22(15,19)20/h2-4,10,12H,1,5-9,11H2,(H2,15,19,20). The van der Waals surface area contributed by atoms with Crippen molar-refractivity contribution in [1.82, 2.24) is 9.21 Å². The highest BCUT2D eigenvalue weighted by Gasteiger charge is 2.31. The number of nitrogens with two attached hydrogens (primary N) is 1. The van der Waals surface area contributed by atoms with Crippen molar-refractivity contribution in [2.24, 2.45) is 11.1 Å². The maximum atomic E-state index is 12.7. The average Bonchev–Trinajstić information content (AvgIpc) is 2.98. The van der Waals surface area contributed by atoms with E-state index < -0.39 is 10.2 Å². The first-order valence-electron chi connectivity index (χ1n) is 7.11. The van der Waals surface area contributed by atoms with Crippen molar-refractivity contribution in [2.45, 2.75) is 19.4 Å². The minimum absolute atomic E-state index is 0.0577. The number of carbonyl (C=O) groups is 1. The van der Waals surface area contributed by atoms with Crippen molar-refractivity contribution in [1.29, 1.82) is 0 Å². The van der Waals surface area contributed by atoms with Gasteiger partial charge in [-0.1, -0.05) is 12.1 Å². The summed E-state index contributed by atoms with van der Waals surface area (Å²) in [6.45, 7) is 5.37. The lowest BCUT2D eigenvalue weighted by molar-refractivity contribution is -0.136. The van der Waals surface area contributed by atoms with Crippen LogP contribution in [0.3, 0.4) is 0 Å². The van der Waals surface area contributed by atoms with Gasteiger partial charge in [0.1, 0.15) is 0 Å². The number of amides is 1. The van der Waals surface area contributed by atoms with Gasteiger partial charge < -0.3 is 4.90 Å². The Morgan fingerprint density at radius 3 is 2.68 bits per heavy atom. The van der Waals surface area contributed by atoms with Crippen LogP contribution in [0, 0.1) is 5.92 Å². The molecule has 2 heterocycles. The maximum absolute atomic E-state index is 12.7. The van der Waals surface area contributed by atoms with Gasteiger partial charge in [0.15, 0.2) is 0 Å². The summed E-state index contributed by atoms with van der Waals surface area (Å²) in [7, 11) is -3.65. The molecule has 1 amide bonds. The first kappa shape index (κ1) is 17.1. The van der Waals surface area contributed by atoms with Crippen LogP contribution in [0.5, 0.6) is 0 Å². The van der Waals surface area contributed by atoms with Gasteiger partial charge in [0.05, 0.1) is 6.54 Å². The van der Waals surface area contributed by atoms with E-state index in [2.05, 4.69) is 6.58 Å². The third-order valence-electron chi connectivity index (χ3n) is 3.75. The quantitative estimate of drug-likeness (QED) is 0.787. The maximum Gasteiger partial charge on any atom is 0.276 e. The topological polar surface area (TPSA) is 83.7 Å². The van der Waals surface area contributed by atoms with Gasteiger partial charge in [-0.2, -0.15) is 12.7 Å². The van der Waals surface area contributed by atoms with Gasteiger partial charge in [-0.15, -0.1) is 17.9 Å². The zero-order valence-corrected chi connectivity index (χ0v) is 14.0. The van der Waals surface area contributed by atoms with Gasteiger partial charge >= 0.3 is 0 Å². The molecule has 0 radical (unpaired) electrons. The second kappa shape index (κ2) is 7.36. The van der Waals surface area contributed by atoms with Crippen LogP contribution in [0.1, 0.15) is 17.7 Å². The minimum atomic E-state index is -3.65. The Kier molecular flexibility index (Phi) is 5.74. The van der Waals surface area contributed by atoms with Gasteiger partial charge in [0.25, 0.3) is 10.2 Å². The predicted octanol–water partition coefficient (Wildman–Crippen LogP) is 1.18. The van der Waals surface area contributed by atoms with E-state index >= 15 is 0 Å². The van der Waals surface area contributed by atoms with Gasteiger partial charge in [-0.3, -0.25) is 4.79 Å². The first-order valence-corrected chi connectivity index (χ1v) is 9.50. The van der Waals surface area contributed by atoms with E-state index in [0.717, 1.165) is 4.88 Å². The third kappa shape index (κ3) is 4.39. The molecule has 1 aromatic rings. The summed E-state index contributed by atoms with van der Waals surface area (Å²) in [5.74, 6) is -0.0970. The van der Waals surface area contributed by atoms with Gasteiger partial charge in [-0.05, 0) is 24.3 Å². The Labute approximate surface area is 135 Å². The summed E-state index contributed by atoms with van der Waals surface area (Å²) >= 11 is 1.61. The Morgan fingerprint density at radius 1 is 1.50 bits per heavy atom.